The van der Waals surface area contributed by atoms with Crippen LogP contribution < -0.4 is 0 Å². The number of aryl methyl sites for hydroxylation is 1. The van der Waals surface area contributed by atoms with E-state index < -0.39 is 0 Å². The number of fused-ring (bicyclic) bond motifs is 5. The van der Waals surface area contributed by atoms with Gasteiger partial charge in [0.25, 0.3) is 0 Å². The van der Waals surface area contributed by atoms with Crippen LogP contribution in [0.15, 0.2) is 12.1 Å². The average molecular weight is 463 g/mol. The Kier molecular flexibility index (Phi) is 7.09. The summed E-state index contributed by atoms with van der Waals surface area (Å²) in [6.07, 6.45) is 14.0. The van der Waals surface area contributed by atoms with Crippen molar-refractivity contribution >= 4 is 0 Å². The molecule has 1 aromatic rings. The summed E-state index contributed by atoms with van der Waals surface area (Å²) in [5.74, 6) is 7.07. The molecule has 34 heavy (non-hydrogen) atoms. The Bertz CT molecular complexity index is 905. The fraction of sp³-hybridized carbons (Fsp3) is 0.806. The van der Waals surface area contributed by atoms with Crippen LogP contribution in [0.1, 0.15) is 95.5 Å². The average Bonchev–Trinajstić information content (AvgIpc) is 3.20. The largest absolute Gasteiger partial charge is 0.381 e. The van der Waals surface area contributed by atoms with Crippen molar-refractivity contribution in [3.05, 3.63) is 29.1 Å². The van der Waals surface area contributed by atoms with Gasteiger partial charge in [0.15, 0.2) is 0 Å². The summed E-state index contributed by atoms with van der Waals surface area (Å²) in [5.41, 5.74) is 3.24. The van der Waals surface area contributed by atoms with Crippen molar-refractivity contribution in [1.82, 2.24) is 4.98 Å². The molecule has 1 heterocycles. The van der Waals surface area contributed by atoms with Gasteiger partial charge in [-0.15, -0.1) is 0 Å². The molecule has 4 aliphatic carbocycles. The summed E-state index contributed by atoms with van der Waals surface area (Å²) in [7, 11) is 0. The van der Waals surface area contributed by atoms with Crippen LogP contribution >= 0.6 is 0 Å². The van der Waals surface area contributed by atoms with Crippen molar-refractivity contribution in [2.24, 2.45) is 52.8 Å². The van der Waals surface area contributed by atoms with E-state index in [1.54, 1.807) is 0 Å². The van der Waals surface area contributed by atoms with Crippen LogP contribution in [0.3, 0.4) is 0 Å². The number of nitrogens with zero attached hydrogens (tertiary/aromatic N) is 2. The maximum absolute atomic E-state index is 9.62. The van der Waals surface area contributed by atoms with Crippen molar-refractivity contribution in [3.8, 4) is 6.07 Å². The minimum atomic E-state index is 0.491. The second kappa shape index (κ2) is 9.93. The fourth-order valence-electron chi connectivity index (χ4n) is 9.70. The highest BCUT2D eigenvalue weighted by molar-refractivity contribution is 5.33. The maximum atomic E-state index is 9.62. The zero-order valence-electron chi connectivity index (χ0n) is 22.1. The summed E-state index contributed by atoms with van der Waals surface area (Å²) in [6, 6.07) is 6.59. The molecule has 9 atom stereocenters. The van der Waals surface area contributed by atoms with Gasteiger partial charge in [-0.25, -0.2) is 4.98 Å². The molecule has 5 rings (SSSR count). The molecule has 186 valence electrons. The molecule has 3 nitrogen and oxygen atoms in total. The molecule has 0 aromatic carbocycles. The molecular weight excluding hydrogens is 416 g/mol. The SMILES string of the molecule is CCOC[C@H]1CC[C@@H]2C3CC[C@]4(C)C([C@H](C)Cc5ccc(C)nc5C#N)CC[C@H]4[C@@H]3CC[C@@H]2C1. The van der Waals surface area contributed by atoms with Gasteiger partial charge in [0.1, 0.15) is 11.8 Å². The third-order valence-electron chi connectivity index (χ3n) is 11.1. The molecule has 0 N–H and O–H groups in total. The molecule has 0 radical (unpaired) electrons. The highest BCUT2D eigenvalue weighted by Crippen LogP contribution is 2.65. The van der Waals surface area contributed by atoms with Gasteiger partial charge in [-0.05, 0) is 142 Å². The van der Waals surface area contributed by atoms with E-state index in [2.05, 4.69) is 44.0 Å². The zero-order valence-corrected chi connectivity index (χ0v) is 22.1. The molecule has 4 fully saturated rings. The Morgan fingerprint density at radius 2 is 1.91 bits per heavy atom. The topological polar surface area (TPSA) is 45.9 Å². The molecule has 0 saturated heterocycles. The van der Waals surface area contributed by atoms with Gasteiger partial charge in [0.05, 0.1) is 0 Å². The first kappa shape index (κ1) is 24.3. The van der Waals surface area contributed by atoms with Gasteiger partial charge >= 0.3 is 0 Å². The first-order chi connectivity index (χ1) is 16.4. The van der Waals surface area contributed by atoms with Crippen molar-refractivity contribution in [1.29, 1.82) is 5.26 Å². The van der Waals surface area contributed by atoms with E-state index in [9.17, 15) is 5.26 Å². The smallest absolute Gasteiger partial charge is 0.143 e. The van der Waals surface area contributed by atoms with Gasteiger partial charge in [0.2, 0.25) is 0 Å². The molecule has 2 unspecified atom stereocenters. The Hall–Kier alpha value is -1.40. The predicted molar refractivity (Wildman–Crippen MR) is 137 cm³/mol. The number of hydrogen-bond acceptors (Lipinski definition) is 3. The van der Waals surface area contributed by atoms with Crippen LogP contribution in [0.25, 0.3) is 0 Å². The summed E-state index contributed by atoms with van der Waals surface area (Å²) in [5, 5.41) is 9.62. The molecule has 4 aliphatic rings. The second-order valence-electron chi connectivity index (χ2n) is 12.8. The van der Waals surface area contributed by atoms with Crippen LogP contribution in [0, 0.1) is 71.0 Å². The van der Waals surface area contributed by atoms with Crippen LogP contribution in [0.2, 0.25) is 0 Å². The standard InChI is InChI=1S/C31H46N2O/c1-5-34-19-22-7-10-25-23(17-22)9-11-27-26(25)14-15-31(4)28(12-13-29(27)31)20(2)16-24-8-6-21(3)33-30(24)18-32/h6,8,20,22-23,25-29H,5,7,9-17,19H2,1-4H3/t20-,22+,23-,25+,26?,27-,28?,29+,31-/m1/s1. The number of pyridine rings is 1. The highest BCUT2D eigenvalue weighted by atomic mass is 16.5. The first-order valence-corrected chi connectivity index (χ1v) is 14.4. The number of rotatable bonds is 6. The number of nitriles is 1. The Morgan fingerprint density at radius 1 is 1.09 bits per heavy atom. The van der Waals surface area contributed by atoms with E-state index in [1.165, 1.54) is 57.8 Å². The second-order valence-corrected chi connectivity index (χ2v) is 12.8. The van der Waals surface area contributed by atoms with Crippen molar-refractivity contribution in [2.45, 2.75) is 91.9 Å². The first-order valence-electron chi connectivity index (χ1n) is 14.4. The lowest BCUT2D eigenvalue weighted by Crippen LogP contribution is -2.49. The minimum absolute atomic E-state index is 0.491. The molecule has 3 heteroatoms. The van der Waals surface area contributed by atoms with Crippen LogP contribution in [-0.2, 0) is 11.2 Å². The normalized spacial score (nSPS) is 40.0. The van der Waals surface area contributed by atoms with E-state index in [0.717, 1.165) is 72.3 Å². The van der Waals surface area contributed by atoms with E-state index in [1.807, 2.05) is 6.92 Å². The van der Waals surface area contributed by atoms with Crippen molar-refractivity contribution in [3.63, 3.8) is 0 Å². The molecule has 1 aromatic heterocycles. The summed E-state index contributed by atoms with van der Waals surface area (Å²) >= 11 is 0. The minimum Gasteiger partial charge on any atom is -0.381 e. The highest BCUT2D eigenvalue weighted by Gasteiger charge is 2.57. The van der Waals surface area contributed by atoms with Crippen molar-refractivity contribution in [2.75, 3.05) is 13.2 Å². The molecule has 0 bridgehead atoms. The van der Waals surface area contributed by atoms with E-state index in [-0.39, 0.29) is 0 Å². The lowest BCUT2D eigenvalue weighted by molar-refractivity contribution is -0.0777. The molecule has 4 saturated carbocycles. The summed E-state index contributed by atoms with van der Waals surface area (Å²) in [6.45, 7) is 11.1. The quantitative estimate of drug-likeness (QED) is 0.443. The maximum Gasteiger partial charge on any atom is 0.143 e. The van der Waals surface area contributed by atoms with E-state index in [0.29, 0.717) is 17.0 Å². The zero-order chi connectivity index (χ0) is 23.9. The van der Waals surface area contributed by atoms with Crippen molar-refractivity contribution < 1.29 is 4.74 Å². The third-order valence-corrected chi connectivity index (χ3v) is 11.1. The van der Waals surface area contributed by atoms with E-state index in [4.69, 9.17) is 4.74 Å². The lowest BCUT2D eigenvalue weighted by Gasteiger charge is -2.57. The van der Waals surface area contributed by atoms with Gasteiger partial charge in [-0.3, -0.25) is 0 Å². The Morgan fingerprint density at radius 3 is 2.71 bits per heavy atom. The Labute approximate surface area is 208 Å². The van der Waals surface area contributed by atoms with Gasteiger partial charge < -0.3 is 4.74 Å². The van der Waals surface area contributed by atoms with E-state index >= 15 is 0 Å². The Balaban J connectivity index is 1.26. The lowest BCUT2D eigenvalue weighted by atomic mass is 9.48. The van der Waals surface area contributed by atoms with Crippen LogP contribution in [0.5, 0.6) is 0 Å². The number of ether oxygens (including phenoxy) is 1. The summed E-state index contributed by atoms with van der Waals surface area (Å²) < 4.78 is 5.80. The van der Waals surface area contributed by atoms with Crippen LogP contribution in [-0.4, -0.2) is 18.2 Å². The monoisotopic (exact) mass is 462 g/mol. The number of aromatic nitrogens is 1. The molecule has 0 spiro atoms. The summed E-state index contributed by atoms with van der Waals surface area (Å²) in [4.78, 5) is 4.52. The third kappa shape index (κ3) is 4.34. The predicted octanol–water partition coefficient (Wildman–Crippen LogP) is 7.36. The van der Waals surface area contributed by atoms with Crippen LogP contribution in [0.4, 0.5) is 0 Å². The fourth-order valence-corrected chi connectivity index (χ4v) is 9.70. The molecular formula is C31H46N2O. The van der Waals surface area contributed by atoms with Gasteiger partial charge in [-0.1, -0.05) is 19.9 Å². The molecule has 0 amide bonds. The van der Waals surface area contributed by atoms with Gasteiger partial charge in [0, 0.05) is 18.9 Å². The number of hydrogen-bond donors (Lipinski definition) is 0. The molecule has 0 aliphatic heterocycles. The van der Waals surface area contributed by atoms with Gasteiger partial charge in [-0.2, -0.15) is 5.26 Å².